The van der Waals surface area contributed by atoms with E-state index in [4.69, 9.17) is 14.2 Å². The number of halogens is 1. The van der Waals surface area contributed by atoms with Crippen molar-refractivity contribution in [3.8, 4) is 35.0 Å². The van der Waals surface area contributed by atoms with Crippen LogP contribution >= 0.6 is 0 Å². The van der Waals surface area contributed by atoms with Gasteiger partial charge >= 0.3 is 5.69 Å². The molecular weight excluding hydrogens is 497 g/mol. The van der Waals surface area contributed by atoms with Gasteiger partial charge in [0.15, 0.2) is 23.1 Å². The smallest absolute Gasteiger partial charge is 0.359 e. The van der Waals surface area contributed by atoms with Crippen molar-refractivity contribution < 1.29 is 23.4 Å². The molecule has 11 nitrogen and oxygen atoms in total. The van der Waals surface area contributed by atoms with Gasteiger partial charge in [0.2, 0.25) is 5.69 Å². The van der Waals surface area contributed by atoms with Gasteiger partial charge < -0.3 is 19.5 Å². The number of rotatable bonds is 6. The summed E-state index contributed by atoms with van der Waals surface area (Å²) >= 11 is 0. The van der Waals surface area contributed by atoms with Crippen LogP contribution in [0.4, 0.5) is 10.1 Å². The highest BCUT2D eigenvalue weighted by atomic mass is 19.1. The van der Waals surface area contributed by atoms with Gasteiger partial charge in [0.1, 0.15) is 5.75 Å². The predicted octanol–water partition coefficient (Wildman–Crippen LogP) is 2.91. The molecular formula is C26H22FN5O6. The zero-order chi connectivity index (χ0) is 27.4. The number of methoxy groups -OCH3 is 2. The first-order valence-corrected chi connectivity index (χ1v) is 11.3. The van der Waals surface area contributed by atoms with Crippen molar-refractivity contribution >= 4 is 22.5 Å². The van der Waals surface area contributed by atoms with Crippen molar-refractivity contribution in [1.82, 2.24) is 19.3 Å². The Morgan fingerprint density at radius 2 is 1.79 bits per heavy atom. The number of amides is 1. The molecule has 0 atom stereocenters. The highest BCUT2D eigenvalue weighted by Gasteiger charge is 2.19. The number of carbonyl (C=O) groups is 1. The first-order chi connectivity index (χ1) is 18.3. The van der Waals surface area contributed by atoms with Gasteiger partial charge in [-0.1, -0.05) is 12.8 Å². The van der Waals surface area contributed by atoms with E-state index in [0.29, 0.717) is 39.1 Å². The molecule has 0 saturated carbocycles. The lowest BCUT2D eigenvalue weighted by Gasteiger charge is -2.13. The number of nitrogens with zero attached hydrogens (tertiary/aromatic N) is 4. The lowest BCUT2D eigenvalue weighted by atomic mass is 10.2. The fraction of sp³-hybridized carbons (Fsp3) is 0.192. The monoisotopic (exact) mass is 519 g/mol. The standard InChI is InChI=1S/C26H22FN5O6/c1-5-6-11-32-25(34)23(30-31(2)26(32)35)24(33)29-15-7-8-20(17(27)12-15)38-19-9-10-28-18-14-22(37-4)21(36-3)13-16(18)19/h7-10,12-14H,5H2,1-4H3,(H,29,33). The third-order valence-corrected chi connectivity index (χ3v) is 5.32. The molecule has 4 rings (SSSR count). The Bertz CT molecular complexity index is 1730. The van der Waals surface area contributed by atoms with Crippen molar-refractivity contribution in [1.29, 1.82) is 0 Å². The van der Waals surface area contributed by atoms with E-state index in [2.05, 4.69) is 27.4 Å². The minimum Gasteiger partial charge on any atom is -0.493 e. The van der Waals surface area contributed by atoms with E-state index in [9.17, 15) is 18.8 Å². The van der Waals surface area contributed by atoms with Crippen LogP contribution in [0.25, 0.3) is 10.9 Å². The fourth-order valence-electron chi connectivity index (χ4n) is 3.48. The number of aromatic nitrogens is 4. The summed E-state index contributed by atoms with van der Waals surface area (Å²) in [6.07, 6.45) is 1.90. The maximum atomic E-state index is 15.0. The number of aryl methyl sites for hydroxylation is 1. The van der Waals surface area contributed by atoms with E-state index in [1.807, 2.05) is 0 Å². The summed E-state index contributed by atoms with van der Waals surface area (Å²) < 4.78 is 32.8. The number of carbonyl (C=O) groups excluding carboxylic acids is 1. The Hall–Kier alpha value is -5.18. The minimum atomic E-state index is -0.983. The molecule has 0 radical (unpaired) electrons. The molecule has 0 spiro atoms. The fourth-order valence-corrected chi connectivity index (χ4v) is 3.48. The zero-order valence-corrected chi connectivity index (χ0v) is 20.9. The Labute approximate surface area is 215 Å². The lowest BCUT2D eigenvalue weighted by Crippen LogP contribution is -2.43. The van der Waals surface area contributed by atoms with Crippen molar-refractivity contribution in [2.24, 2.45) is 7.05 Å². The number of benzene rings is 2. The molecule has 4 aromatic rings. The number of pyridine rings is 1. The van der Waals surface area contributed by atoms with Gasteiger partial charge in [-0.05, 0) is 24.3 Å². The molecule has 0 fully saturated rings. The SMILES string of the molecule is CCC#Cn1c(=O)c(C(=O)Nc2ccc(Oc3ccnc4cc(OC)c(OC)cc34)c(F)c2)nn(C)c1=O. The Kier molecular flexibility index (Phi) is 7.38. The molecule has 38 heavy (non-hydrogen) atoms. The van der Waals surface area contributed by atoms with Crippen molar-refractivity contribution in [2.45, 2.75) is 13.3 Å². The number of hydrogen-bond donors (Lipinski definition) is 1. The molecule has 2 aromatic carbocycles. The number of hydrogen-bond acceptors (Lipinski definition) is 8. The van der Waals surface area contributed by atoms with Gasteiger partial charge in [-0.25, -0.2) is 13.9 Å². The largest absolute Gasteiger partial charge is 0.493 e. The lowest BCUT2D eigenvalue weighted by molar-refractivity contribution is 0.101. The molecule has 194 valence electrons. The molecule has 0 aliphatic heterocycles. The third kappa shape index (κ3) is 5.03. The molecule has 12 heteroatoms. The summed E-state index contributed by atoms with van der Waals surface area (Å²) in [5, 5.41) is 6.70. The van der Waals surface area contributed by atoms with Crippen molar-refractivity contribution in [3.05, 3.63) is 74.9 Å². The zero-order valence-electron chi connectivity index (χ0n) is 20.9. The van der Waals surface area contributed by atoms with Crippen LogP contribution in [-0.2, 0) is 7.05 Å². The molecule has 1 N–H and O–H groups in total. The Balaban J connectivity index is 1.61. The van der Waals surface area contributed by atoms with Crippen LogP contribution in [0.1, 0.15) is 23.8 Å². The van der Waals surface area contributed by atoms with Crippen LogP contribution in [0.5, 0.6) is 23.0 Å². The number of ether oxygens (including phenoxy) is 3. The summed E-state index contributed by atoms with van der Waals surface area (Å²) in [4.78, 5) is 41.8. The molecule has 0 saturated heterocycles. The number of anilines is 1. The quantitative estimate of drug-likeness (QED) is 0.386. The van der Waals surface area contributed by atoms with Crippen molar-refractivity contribution in [2.75, 3.05) is 19.5 Å². The summed E-state index contributed by atoms with van der Waals surface area (Å²) in [6.45, 7) is 1.74. The van der Waals surface area contributed by atoms with Crippen LogP contribution in [0, 0.1) is 17.8 Å². The van der Waals surface area contributed by atoms with Crippen molar-refractivity contribution in [3.63, 3.8) is 0 Å². The number of fused-ring (bicyclic) bond motifs is 1. The molecule has 2 heterocycles. The van der Waals surface area contributed by atoms with E-state index in [-0.39, 0.29) is 11.4 Å². The van der Waals surface area contributed by atoms with Gasteiger partial charge in [-0.2, -0.15) is 9.67 Å². The van der Waals surface area contributed by atoms with Gasteiger partial charge in [0.05, 0.1) is 19.7 Å². The van der Waals surface area contributed by atoms with E-state index < -0.39 is 28.7 Å². The summed E-state index contributed by atoms with van der Waals surface area (Å²) in [7, 11) is 4.28. The molecule has 2 aromatic heterocycles. The van der Waals surface area contributed by atoms with Crippen LogP contribution in [0.15, 0.2) is 52.2 Å². The molecule has 0 aliphatic rings. The first kappa shape index (κ1) is 25.9. The second-order valence-corrected chi connectivity index (χ2v) is 7.77. The van der Waals surface area contributed by atoms with Gasteiger partial charge in [-0.15, -0.1) is 0 Å². The topological polar surface area (TPSA) is 127 Å². The van der Waals surface area contributed by atoms with E-state index in [1.54, 1.807) is 25.1 Å². The maximum absolute atomic E-state index is 15.0. The minimum absolute atomic E-state index is 0.0343. The second kappa shape index (κ2) is 10.8. The average Bonchev–Trinajstić information content (AvgIpc) is 2.91. The Morgan fingerprint density at radius 3 is 2.47 bits per heavy atom. The first-order valence-electron chi connectivity index (χ1n) is 11.3. The van der Waals surface area contributed by atoms with E-state index in [0.717, 1.165) is 10.7 Å². The van der Waals surface area contributed by atoms with Gasteiger partial charge in [-0.3, -0.25) is 14.6 Å². The summed E-state index contributed by atoms with van der Waals surface area (Å²) in [6, 6.07) is 11.0. The predicted molar refractivity (Wildman–Crippen MR) is 136 cm³/mol. The van der Waals surface area contributed by atoms with Gasteiger partial charge in [0, 0.05) is 48.9 Å². The molecule has 0 unspecified atom stereocenters. The highest BCUT2D eigenvalue weighted by molar-refractivity contribution is 6.02. The van der Waals surface area contributed by atoms with E-state index in [1.165, 1.54) is 39.6 Å². The highest BCUT2D eigenvalue weighted by Crippen LogP contribution is 2.37. The van der Waals surface area contributed by atoms with Crippen LogP contribution in [-0.4, -0.2) is 39.5 Å². The number of nitrogens with one attached hydrogen (secondary N) is 1. The van der Waals surface area contributed by atoms with E-state index >= 15 is 0 Å². The second-order valence-electron chi connectivity index (χ2n) is 7.77. The average molecular weight is 519 g/mol. The Morgan fingerprint density at radius 1 is 1.05 bits per heavy atom. The summed E-state index contributed by atoms with van der Waals surface area (Å²) in [5.74, 6) is 2.00. The van der Waals surface area contributed by atoms with Gasteiger partial charge in [0.25, 0.3) is 11.5 Å². The van der Waals surface area contributed by atoms with Crippen LogP contribution < -0.4 is 30.8 Å². The third-order valence-electron chi connectivity index (χ3n) is 5.32. The maximum Gasteiger partial charge on any atom is 0.359 e. The molecule has 1 amide bonds. The normalized spacial score (nSPS) is 10.4. The molecule has 0 bridgehead atoms. The summed E-state index contributed by atoms with van der Waals surface area (Å²) in [5.41, 5.74) is -1.77. The molecule has 0 aliphatic carbocycles. The van der Waals surface area contributed by atoms with Crippen LogP contribution in [0.3, 0.4) is 0 Å². The van der Waals surface area contributed by atoms with Crippen LogP contribution in [0.2, 0.25) is 0 Å².